The fourth-order valence-electron chi connectivity index (χ4n) is 1.76. The minimum Gasteiger partial charge on any atom is -0.340 e. The van der Waals surface area contributed by atoms with Gasteiger partial charge in [-0.05, 0) is 25.1 Å². The second-order valence-corrected chi connectivity index (χ2v) is 4.84. The molecule has 0 aliphatic carbocycles. The number of aromatic nitrogens is 2. The number of hydrogen-bond donors (Lipinski definition) is 3. The van der Waals surface area contributed by atoms with Crippen molar-refractivity contribution in [2.75, 3.05) is 10.7 Å². The van der Waals surface area contributed by atoms with Crippen molar-refractivity contribution in [3.05, 3.63) is 41.5 Å². The summed E-state index contributed by atoms with van der Waals surface area (Å²) < 4.78 is 13.2. The Bertz CT molecular complexity index is 613. The molecule has 0 amide bonds. The van der Waals surface area contributed by atoms with Crippen LogP contribution in [0.4, 0.5) is 21.7 Å². The van der Waals surface area contributed by atoms with Crippen molar-refractivity contribution in [2.24, 2.45) is 5.84 Å². The number of nitrogen functional groups attached to an aromatic ring is 1. The van der Waals surface area contributed by atoms with E-state index in [9.17, 15) is 4.39 Å². The Labute approximate surface area is 117 Å². The zero-order chi connectivity index (χ0) is 14.7. The predicted octanol–water partition coefficient (Wildman–Crippen LogP) is 3.08. The lowest BCUT2D eigenvalue weighted by Gasteiger charge is -2.15. The number of hydrazine groups is 1. The summed E-state index contributed by atoms with van der Waals surface area (Å²) in [6, 6.07) is 6.21. The van der Waals surface area contributed by atoms with Gasteiger partial charge in [0.15, 0.2) is 0 Å². The fraction of sp³-hybridized carbons (Fsp3) is 0.286. The number of anilines is 3. The molecule has 0 saturated heterocycles. The van der Waals surface area contributed by atoms with Gasteiger partial charge in [-0.2, -0.15) is 0 Å². The van der Waals surface area contributed by atoms with Crippen LogP contribution in [0.2, 0.25) is 0 Å². The maximum absolute atomic E-state index is 13.2. The standard InChI is InChI=1S/C14H18FN5/c1-8(2)12-18-13(9(3)14(19-12)20-16)17-11-6-4-5-10(15)7-11/h4-8H,16H2,1-3H3,(H2,17,18,19,20). The van der Waals surface area contributed by atoms with E-state index in [4.69, 9.17) is 5.84 Å². The first-order valence-corrected chi connectivity index (χ1v) is 6.39. The topological polar surface area (TPSA) is 75.9 Å². The third-order valence-corrected chi connectivity index (χ3v) is 2.90. The molecule has 0 saturated carbocycles. The van der Waals surface area contributed by atoms with E-state index in [1.54, 1.807) is 12.1 Å². The first-order chi connectivity index (χ1) is 9.51. The highest BCUT2D eigenvalue weighted by Gasteiger charge is 2.12. The third kappa shape index (κ3) is 3.03. The average Bonchev–Trinajstić information content (AvgIpc) is 2.41. The molecule has 1 aromatic carbocycles. The van der Waals surface area contributed by atoms with Crippen molar-refractivity contribution in [1.29, 1.82) is 0 Å². The molecule has 20 heavy (non-hydrogen) atoms. The van der Waals surface area contributed by atoms with Crippen LogP contribution in [0.3, 0.4) is 0 Å². The van der Waals surface area contributed by atoms with Crippen LogP contribution in [-0.2, 0) is 0 Å². The van der Waals surface area contributed by atoms with Gasteiger partial charge in [-0.15, -0.1) is 0 Å². The van der Waals surface area contributed by atoms with Crippen LogP contribution in [0.1, 0.15) is 31.2 Å². The normalized spacial score (nSPS) is 10.7. The van der Waals surface area contributed by atoms with E-state index in [1.807, 2.05) is 20.8 Å². The fourth-order valence-corrected chi connectivity index (χ4v) is 1.76. The molecule has 1 aromatic heterocycles. The van der Waals surface area contributed by atoms with Crippen LogP contribution in [0, 0.1) is 12.7 Å². The second kappa shape index (κ2) is 5.83. The molecule has 0 spiro atoms. The van der Waals surface area contributed by atoms with E-state index < -0.39 is 0 Å². The van der Waals surface area contributed by atoms with Gasteiger partial charge in [0.1, 0.15) is 23.3 Å². The maximum atomic E-state index is 13.2. The van der Waals surface area contributed by atoms with E-state index in [0.29, 0.717) is 23.1 Å². The highest BCUT2D eigenvalue weighted by molar-refractivity contribution is 5.64. The molecule has 2 rings (SSSR count). The Balaban J connectivity index is 2.42. The highest BCUT2D eigenvalue weighted by Crippen LogP contribution is 2.25. The van der Waals surface area contributed by atoms with E-state index in [1.165, 1.54) is 12.1 Å². The van der Waals surface area contributed by atoms with Gasteiger partial charge in [-0.3, -0.25) is 0 Å². The van der Waals surface area contributed by atoms with Crippen LogP contribution < -0.4 is 16.6 Å². The smallest absolute Gasteiger partial charge is 0.148 e. The molecule has 2 aromatic rings. The average molecular weight is 275 g/mol. The summed E-state index contributed by atoms with van der Waals surface area (Å²) in [6.45, 7) is 5.84. The molecule has 0 aliphatic rings. The first-order valence-electron chi connectivity index (χ1n) is 6.39. The number of nitrogens with one attached hydrogen (secondary N) is 2. The van der Waals surface area contributed by atoms with Gasteiger partial charge in [-0.1, -0.05) is 19.9 Å². The SMILES string of the molecule is Cc1c(NN)nc(C(C)C)nc1Nc1cccc(F)c1. The lowest BCUT2D eigenvalue weighted by Crippen LogP contribution is -2.14. The van der Waals surface area contributed by atoms with Gasteiger partial charge >= 0.3 is 0 Å². The molecule has 6 heteroatoms. The molecule has 0 aliphatic heterocycles. The van der Waals surface area contributed by atoms with E-state index in [0.717, 1.165) is 5.56 Å². The summed E-state index contributed by atoms with van der Waals surface area (Å²) in [6.07, 6.45) is 0. The highest BCUT2D eigenvalue weighted by atomic mass is 19.1. The number of nitrogens with two attached hydrogens (primary N) is 1. The summed E-state index contributed by atoms with van der Waals surface area (Å²) in [7, 11) is 0. The number of halogens is 1. The molecular weight excluding hydrogens is 257 g/mol. The van der Waals surface area contributed by atoms with Crippen molar-refractivity contribution >= 4 is 17.3 Å². The van der Waals surface area contributed by atoms with E-state index in [-0.39, 0.29) is 11.7 Å². The number of hydrogen-bond acceptors (Lipinski definition) is 5. The predicted molar refractivity (Wildman–Crippen MR) is 78.4 cm³/mol. The van der Waals surface area contributed by atoms with Crippen molar-refractivity contribution in [3.63, 3.8) is 0 Å². The Morgan fingerprint density at radius 3 is 2.50 bits per heavy atom. The molecule has 0 bridgehead atoms. The molecule has 4 N–H and O–H groups in total. The van der Waals surface area contributed by atoms with Crippen molar-refractivity contribution in [3.8, 4) is 0 Å². The zero-order valence-corrected chi connectivity index (χ0v) is 11.7. The molecule has 0 unspecified atom stereocenters. The Morgan fingerprint density at radius 1 is 1.20 bits per heavy atom. The lowest BCUT2D eigenvalue weighted by molar-refractivity contribution is 0.628. The van der Waals surface area contributed by atoms with Crippen LogP contribution in [0.15, 0.2) is 24.3 Å². The van der Waals surface area contributed by atoms with Crippen LogP contribution in [-0.4, -0.2) is 9.97 Å². The van der Waals surface area contributed by atoms with Gasteiger partial charge in [0.25, 0.3) is 0 Å². The minimum absolute atomic E-state index is 0.163. The van der Waals surface area contributed by atoms with Crippen molar-refractivity contribution in [1.82, 2.24) is 9.97 Å². The largest absolute Gasteiger partial charge is 0.340 e. The van der Waals surface area contributed by atoms with Gasteiger partial charge in [0.2, 0.25) is 0 Å². The van der Waals surface area contributed by atoms with Gasteiger partial charge in [0, 0.05) is 17.2 Å². The number of rotatable bonds is 4. The first kappa shape index (κ1) is 14.2. The van der Waals surface area contributed by atoms with Crippen molar-refractivity contribution in [2.45, 2.75) is 26.7 Å². The number of benzene rings is 1. The monoisotopic (exact) mass is 275 g/mol. The molecule has 1 heterocycles. The number of nitrogens with zero attached hydrogens (tertiary/aromatic N) is 2. The van der Waals surface area contributed by atoms with E-state index >= 15 is 0 Å². The molecule has 5 nitrogen and oxygen atoms in total. The summed E-state index contributed by atoms with van der Waals surface area (Å²) in [5, 5.41) is 3.10. The van der Waals surface area contributed by atoms with Crippen LogP contribution >= 0.6 is 0 Å². The summed E-state index contributed by atoms with van der Waals surface area (Å²) >= 11 is 0. The van der Waals surface area contributed by atoms with Crippen LogP contribution in [0.5, 0.6) is 0 Å². The van der Waals surface area contributed by atoms with Gasteiger partial charge in [0.05, 0.1) is 0 Å². The van der Waals surface area contributed by atoms with Crippen molar-refractivity contribution < 1.29 is 4.39 Å². The van der Waals surface area contributed by atoms with Gasteiger partial charge in [-0.25, -0.2) is 20.2 Å². The van der Waals surface area contributed by atoms with E-state index in [2.05, 4.69) is 20.7 Å². The van der Waals surface area contributed by atoms with Crippen LogP contribution in [0.25, 0.3) is 0 Å². The summed E-state index contributed by atoms with van der Waals surface area (Å²) in [5.41, 5.74) is 3.97. The molecule has 106 valence electrons. The summed E-state index contributed by atoms with van der Waals surface area (Å²) in [5.74, 6) is 7.18. The molecule has 0 radical (unpaired) electrons. The Morgan fingerprint density at radius 2 is 1.90 bits per heavy atom. The zero-order valence-electron chi connectivity index (χ0n) is 11.7. The second-order valence-electron chi connectivity index (χ2n) is 4.84. The Kier molecular flexibility index (Phi) is 4.14. The van der Waals surface area contributed by atoms with Gasteiger partial charge < -0.3 is 10.7 Å². The third-order valence-electron chi connectivity index (χ3n) is 2.90. The Hall–Kier alpha value is -2.21. The summed E-state index contributed by atoms with van der Waals surface area (Å²) in [4.78, 5) is 8.81. The molecular formula is C14H18FN5. The minimum atomic E-state index is -0.303. The quantitative estimate of drug-likeness (QED) is 0.590. The molecule has 0 fully saturated rings. The lowest BCUT2D eigenvalue weighted by atomic mass is 10.2. The molecule has 0 atom stereocenters. The maximum Gasteiger partial charge on any atom is 0.148 e.